The molecule has 0 atom stereocenters. The second kappa shape index (κ2) is 9.42. The van der Waals surface area contributed by atoms with Gasteiger partial charge < -0.3 is 15.4 Å². The minimum Gasteiger partial charge on any atom is -0.494 e. The van der Waals surface area contributed by atoms with Crippen LogP contribution in [0.3, 0.4) is 0 Å². The quantitative estimate of drug-likeness (QED) is 0.222. The Labute approximate surface area is 185 Å². The van der Waals surface area contributed by atoms with Crippen molar-refractivity contribution in [2.45, 2.75) is 6.54 Å². The molecule has 0 unspecified atom stereocenters. The molecular weight excluding hydrogens is 416 g/mol. The van der Waals surface area contributed by atoms with Crippen LogP contribution in [0.15, 0.2) is 77.8 Å². The van der Waals surface area contributed by atoms with Gasteiger partial charge in [0.2, 0.25) is 0 Å². The molecule has 31 heavy (non-hydrogen) atoms. The summed E-state index contributed by atoms with van der Waals surface area (Å²) in [5.74, 6) is -0.0834. The Morgan fingerprint density at radius 3 is 2.45 bits per heavy atom. The van der Waals surface area contributed by atoms with Gasteiger partial charge in [0.1, 0.15) is 0 Å². The highest BCUT2D eigenvalue weighted by atomic mass is 35.5. The van der Waals surface area contributed by atoms with Gasteiger partial charge in [-0.25, -0.2) is 4.99 Å². The highest BCUT2D eigenvalue weighted by Crippen LogP contribution is 2.33. The molecule has 8 heteroatoms. The minimum atomic E-state index is -0.451. The molecule has 4 aromatic rings. The lowest BCUT2D eigenvalue weighted by atomic mass is 10.0. The number of nitrogens with one attached hydrogen (secondary N) is 2. The van der Waals surface area contributed by atoms with Crippen molar-refractivity contribution >= 4 is 40.4 Å². The number of aromatic nitrogens is 1. The molecule has 158 valence electrons. The molecule has 0 spiro atoms. The summed E-state index contributed by atoms with van der Waals surface area (Å²) in [7, 11) is 1.89. The van der Waals surface area contributed by atoms with Crippen molar-refractivity contribution in [2.24, 2.45) is 4.99 Å². The molecule has 0 aliphatic rings. The van der Waals surface area contributed by atoms with Gasteiger partial charge in [-0.05, 0) is 30.8 Å². The van der Waals surface area contributed by atoms with Gasteiger partial charge >= 0.3 is 0 Å². The molecular formula is C23H21ClN4O3. The van der Waals surface area contributed by atoms with E-state index in [0.29, 0.717) is 27.9 Å². The first kappa shape index (κ1) is 22.0. The molecule has 0 fully saturated rings. The first-order valence-corrected chi connectivity index (χ1v) is 9.44. The number of fused-ring (bicyclic) bond motifs is 1. The van der Waals surface area contributed by atoms with Gasteiger partial charge in [0, 0.05) is 35.1 Å². The maximum atomic E-state index is 11.3. The van der Waals surface area contributed by atoms with E-state index in [-0.39, 0.29) is 24.0 Å². The van der Waals surface area contributed by atoms with Crippen LogP contribution >= 0.6 is 12.4 Å². The van der Waals surface area contributed by atoms with Gasteiger partial charge in [0.15, 0.2) is 5.88 Å². The van der Waals surface area contributed by atoms with Crippen LogP contribution in [0, 0.1) is 10.1 Å². The summed E-state index contributed by atoms with van der Waals surface area (Å²) in [5, 5.41) is 25.6. The minimum absolute atomic E-state index is 0. The Bertz CT molecular complexity index is 1240. The molecule has 0 bridgehead atoms. The smallest absolute Gasteiger partial charge is 0.270 e. The SMILES string of the molecule is CNCc1ccc(N=C(c2ccccc2)c2c(O)[nH]c3ccc([N+](=O)[O-])cc23)cc1.Cl. The number of aromatic hydroxyl groups is 1. The molecule has 3 N–H and O–H groups in total. The number of non-ortho nitro benzene ring substituents is 1. The molecule has 0 saturated carbocycles. The number of benzene rings is 3. The average Bonchev–Trinajstić information content (AvgIpc) is 3.09. The predicted octanol–water partition coefficient (Wildman–Crippen LogP) is 5.09. The number of nitro groups is 1. The third-order valence-electron chi connectivity index (χ3n) is 4.82. The van der Waals surface area contributed by atoms with Crippen molar-refractivity contribution in [2.75, 3.05) is 7.05 Å². The van der Waals surface area contributed by atoms with Gasteiger partial charge in [-0.15, -0.1) is 12.4 Å². The Hall–Kier alpha value is -3.68. The van der Waals surface area contributed by atoms with Crippen molar-refractivity contribution in [3.63, 3.8) is 0 Å². The second-order valence-corrected chi connectivity index (χ2v) is 6.86. The highest BCUT2D eigenvalue weighted by molar-refractivity contribution is 6.22. The van der Waals surface area contributed by atoms with Gasteiger partial charge in [0.25, 0.3) is 5.69 Å². The predicted molar refractivity (Wildman–Crippen MR) is 125 cm³/mol. The van der Waals surface area contributed by atoms with Crippen LogP contribution in [0.1, 0.15) is 16.7 Å². The van der Waals surface area contributed by atoms with Crippen molar-refractivity contribution in [3.8, 4) is 5.88 Å². The average molecular weight is 437 g/mol. The molecule has 4 rings (SSSR count). The summed E-state index contributed by atoms with van der Waals surface area (Å²) >= 11 is 0. The second-order valence-electron chi connectivity index (χ2n) is 6.86. The van der Waals surface area contributed by atoms with E-state index in [1.54, 1.807) is 6.07 Å². The van der Waals surface area contributed by atoms with E-state index in [1.165, 1.54) is 12.1 Å². The normalized spacial score (nSPS) is 11.3. The zero-order valence-electron chi connectivity index (χ0n) is 16.7. The van der Waals surface area contributed by atoms with E-state index < -0.39 is 4.92 Å². The number of aliphatic imine (C=N–C) groups is 1. The Morgan fingerprint density at radius 1 is 1.10 bits per heavy atom. The molecule has 3 aromatic carbocycles. The van der Waals surface area contributed by atoms with Crippen LogP contribution in [-0.2, 0) is 6.54 Å². The van der Waals surface area contributed by atoms with Crippen LogP contribution in [-0.4, -0.2) is 27.8 Å². The van der Waals surface area contributed by atoms with Crippen LogP contribution < -0.4 is 5.32 Å². The van der Waals surface area contributed by atoms with E-state index in [9.17, 15) is 15.2 Å². The maximum Gasteiger partial charge on any atom is 0.270 e. The summed E-state index contributed by atoms with van der Waals surface area (Å²) in [4.78, 5) is 18.5. The lowest BCUT2D eigenvalue weighted by Gasteiger charge is -2.08. The third-order valence-corrected chi connectivity index (χ3v) is 4.82. The fraction of sp³-hybridized carbons (Fsp3) is 0.0870. The Morgan fingerprint density at radius 2 is 1.81 bits per heavy atom. The van der Waals surface area contributed by atoms with E-state index in [2.05, 4.69) is 10.3 Å². The number of nitrogens with zero attached hydrogens (tertiary/aromatic N) is 2. The van der Waals surface area contributed by atoms with Crippen molar-refractivity contribution in [1.29, 1.82) is 0 Å². The van der Waals surface area contributed by atoms with Gasteiger partial charge in [-0.2, -0.15) is 0 Å². The first-order valence-electron chi connectivity index (χ1n) is 9.44. The first-order chi connectivity index (χ1) is 14.6. The van der Waals surface area contributed by atoms with E-state index in [4.69, 9.17) is 4.99 Å². The van der Waals surface area contributed by atoms with Crippen LogP contribution in [0.5, 0.6) is 5.88 Å². The third kappa shape index (κ3) is 4.58. The monoisotopic (exact) mass is 436 g/mol. The zero-order valence-corrected chi connectivity index (χ0v) is 17.5. The summed E-state index contributed by atoms with van der Waals surface area (Å²) < 4.78 is 0. The number of rotatable bonds is 6. The molecule has 7 nitrogen and oxygen atoms in total. The summed E-state index contributed by atoms with van der Waals surface area (Å²) in [6.07, 6.45) is 0. The van der Waals surface area contributed by atoms with Crippen molar-refractivity contribution < 1.29 is 10.0 Å². The zero-order chi connectivity index (χ0) is 21.1. The molecule has 0 amide bonds. The van der Waals surface area contributed by atoms with Crippen molar-refractivity contribution in [1.82, 2.24) is 10.3 Å². The van der Waals surface area contributed by atoms with Crippen LogP contribution in [0.25, 0.3) is 10.9 Å². The molecule has 0 aliphatic heterocycles. The van der Waals surface area contributed by atoms with Gasteiger partial charge in [-0.3, -0.25) is 10.1 Å². The topological polar surface area (TPSA) is 104 Å². The van der Waals surface area contributed by atoms with E-state index >= 15 is 0 Å². The van der Waals surface area contributed by atoms with Gasteiger partial charge in [0.05, 0.1) is 21.9 Å². The lowest BCUT2D eigenvalue weighted by Crippen LogP contribution is -2.04. The van der Waals surface area contributed by atoms with Crippen molar-refractivity contribution in [3.05, 3.63) is 99.6 Å². The van der Waals surface area contributed by atoms with E-state index in [0.717, 1.165) is 17.7 Å². The Kier molecular flexibility index (Phi) is 6.69. The standard InChI is InChI=1S/C23H20N4O3.ClH/c1-24-14-15-7-9-17(10-8-15)25-22(16-5-3-2-4-6-16)21-19-13-18(27(29)30)11-12-20(19)26-23(21)28;/h2-13,24,26,28H,14H2,1H3;1H. The highest BCUT2D eigenvalue weighted by Gasteiger charge is 2.20. The largest absolute Gasteiger partial charge is 0.494 e. The Balaban J connectivity index is 0.00000272. The fourth-order valence-electron chi connectivity index (χ4n) is 3.40. The summed E-state index contributed by atoms with van der Waals surface area (Å²) in [6, 6.07) is 21.7. The number of hydrogen-bond donors (Lipinski definition) is 3. The molecule has 0 saturated heterocycles. The number of H-pyrrole nitrogens is 1. The number of hydrogen-bond acceptors (Lipinski definition) is 5. The summed E-state index contributed by atoms with van der Waals surface area (Å²) in [6.45, 7) is 0.752. The molecule has 0 aliphatic carbocycles. The van der Waals surface area contributed by atoms with E-state index in [1.807, 2.05) is 61.6 Å². The molecule has 1 heterocycles. The summed E-state index contributed by atoms with van der Waals surface area (Å²) in [5.41, 5.74) is 4.14. The number of nitro benzene ring substituents is 1. The van der Waals surface area contributed by atoms with Crippen LogP contribution in [0.2, 0.25) is 0 Å². The molecule has 0 radical (unpaired) electrons. The number of halogens is 1. The maximum absolute atomic E-state index is 11.3. The lowest BCUT2D eigenvalue weighted by molar-refractivity contribution is -0.384. The van der Waals surface area contributed by atoms with Gasteiger partial charge in [-0.1, -0.05) is 42.5 Å². The van der Waals surface area contributed by atoms with Crippen LogP contribution in [0.4, 0.5) is 11.4 Å². The number of aromatic amines is 1. The molecule has 1 aromatic heterocycles. The fourth-order valence-corrected chi connectivity index (χ4v) is 3.40.